The van der Waals surface area contributed by atoms with Gasteiger partial charge in [0.1, 0.15) is 23.3 Å². The average Bonchev–Trinajstić information content (AvgIpc) is 2.82. The quantitative estimate of drug-likeness (QED) is 0.239. The first-order valence-corrected chi connectivity index (χ1v) is 10.4. The van der Waals surface area contributed by atoms with Crippen LogP contribution < -0.4 is 10.6 Å². The Hall–Kier alpha value is -4.26. The van der Waals surface area contributed by atoms with E-state index in [0.29, 0.717) is 10.8 Å². The van der Waals surface area contributed by atoms with Gasteiger partial charge in [0.15, 0.2) is 0 Å². The van der Waals surface area contributed by atoms with E-state index in [1.54, 1.807) is 37.3 Å². The van der Waals surface area contributed by atoms with Gasteiger partial charge in [0.25, 0.3) is 0 Å². The van der Waals surface area contributed by atoms with Crippen molar-refractivity contribution in [2.24, 2.45) is 5.18 Å². The maximum atomic E-state index is 14.3. The maximum absolute atomic E-state index is 14.3. The predicted octanol–water partition coefficient (Wildman–Crippen LogP) is 6.05. The molecule has 0 radical (unpaired) electrons. The summed E-state index contributed by atoms with van der Waals surface area (Å²) in [5.41, 5.74) is 1.98. The molecule has 0 aliphatic rings. The number of hydrogen-bond acceptors (Lipinski definition) is 5. The van der Waals surface area contributed by atoms with Crippen molar-refractivity contribution in [2.75, 3.05) is 10.6 Å². The highest BCUT2D eigenvalue weighted by molar-refractivity contribution is 6.02. The van der Waals surface area contributed by atoms with Crippen LogP contribution in [0.15, 0.2) is 84.0 Å². The number of hydrogen-bond donors (Lipinski definition) is 3. The summed E-state index contributed by atoms with van der Waals surface area (Å²) in [5, 5.41) is 20.5. The molecule has 166 valence electrons. The molecule has 0 saturated heterocycles. The number of aryl methyl sites for hydroxylation is 1. The Morgan fingerprint density at radius 2 is 1.67 bits per heavy atom. The van der Waals surface area contributed by atoms with Crippen molar-refractivity contribution in [1.29, 1.82) is 0 Å². The number of nitroso groups, excluding NO2 is 1. The van der Waals surface area contributed by atoms with Crippen molar-refractivity contribution in [3.05, 3.63) is 101 Å². The molecule has 4 rings (SSSR count). The lowest BCUT2D eigenvalue weighted by molar-refractivity contribution is -0.116. The molecule has 1 amide bonds. The van der Waals surface area contributed by atoms with Crippen LogP contribution >= 0.6 is 0 Å². The third-order valence-corrected chi connectivity index (χ3v) is 5.40. The number of nitrogens with zero attached hydrogens (tertiary/aromatic N) is 1. The van der Waals surface area contributed by atoms with E-state index in [9.17, 15) is 19.2 Å². The summed E-state index contributed by atoms with van der Waals surface area (Å²) in [6.45, 7) is 1.76. The van der Waals surface area contributed by atoms with Gasteiger partial charge in [-0.05, 0) is 41.4 Å². The van der Waals surface area contributed by atoms with Gasteiger partial charge in [0.05, 0.1) is 11.4 Å². The average molecular weight is 443 g/mol. The number of phenols is 1. The second kappa shape index (κ2) is 9.48. The molecule has 0 fully saturated rings. The Labute approximate surface area is 190 Å². The molecule has 0 heterocycles. The molecule has 4 aromatic carbocycles. The van der Waals surface area contributed by atoms with Crippen molar-refractivity contribution in [1.82, 2.24) is 0 Å². The van der Waals surface area contributed by atoms with E-state index >= 15 is 0 Å². The highest BCUT2D eigenvalue weighted by Gasteiger charge is 2.23. The molecule has 0 spiro atoms. The predicted molar refractivity (Wildman–Crippen MR) is 128 cm³/mol. The number of fused-ring (bicyclic) bond motifs is 1. The fourth-order valence-electron chi connectivity index (χ4n) is 3.71. The summed E-state index contributed by atoms with van der Waals surface area (Å²) in [6, 6.07) is 21.2. The van der Waals surface area contributed by atoms with Gasteiger partial charge in [0, 0.05) is 17.2 Å². The largest absolute Gasteiger partial charge is 0.505 e. The minimum absolute atomic E-state index is 0.0587. The minimum atomic E-state index is -0.875. The van der Waals surface area contributed by atoms with Crippen LogP contribution in [0.5, 0.6) is 5.75 Å². The number of halogens is 1. The molecule has 0 aromatic heterocycles. The molecule has 1 atom stereocenters. The summed E-state index contributed by atoms with van der Waals surface area (Å²) in [7, 11) is 0. The molecule has 6 nitrogen and oxygen atoms in total. The van der Waals surface area contributed by atoms with Crippen LogP contribution in [-0.4, -0.2) is 17.1 Å². The molecule has 0 aliphatic heterocycles. The highest BCUT2D eigenvalue weighted by Crippen LogP contribution is 2.39. The second-order valence-corrected chi connectivity index (χ2v) is 7.79. The lowest BCUT2D eigenvalue weighted by Crippen LogP contribution is -2.36. The fourth-order valence-corrected chi connectivity index (χ4v) is 3.71. The molecular formula is C26H22FN3O3. The molecule has 7 heteroatoms. The zero-order valence-electron chi connectivity index (χ0n) is 17.9. The molecule has 0 aliphatic carbocycles. The van der Waals surface area contributed by atoms with Crippen LogP contribution in [0, 0.1) is 17.6 Å². The third-order valence-electron chi connectivity index (χ3n) is 5.40. The summed E-state index contributed by atoms with van der Waals surface area (Å²) >= 11 is 0. The summed E-state index contributed by atoms with van der Waals surface area (Å²) in [4.78, 5) is 24.6. The molecule has 3 N–H and O–H groups in total. The molecule has 33 heavy (non-hydrogen) atoms. The lowest BCUT2D eigenvalue weighted by Gasteiger charge is -2.21. The number of anilines is 2. The summed E-state index contributed by atoms with van der Waals surface area (Å²) in [5.74, 6) is -1.14. The Bertz CT molecular complexity index is 1330. The van der Waals surface area contributed by atoms with Crippen LogP contribution in [0.3, 0.4) is 0 Å². The molecule has 1 unspecified atom stereocenters. The van der Waals surface area contributed by atoms with Crippen molar-refractivity contribution in [3.8, 4) is 5.75 Å². The number of rotatable bonds is 7. The molecule has 4 aromatic rings. The smallest absolute Gasteiger partial charge is 0.247 e. The van der Waals surface area contributed by atoms with Gasteiger partial charge in [-0.2, -0.15) is 0 Å². The zero-order chi connectivity index (χ0) is 23.4. The van der Waals surface area contributed by atoms with E-state index in [1.165, 1.54) is 18.2 Å². The first kappa shape index (κ1) is 22.0. The van der Waals surface area contributed by atoms with E-state index in [1.807, 2.05) is 30.3 Å². The van der Waals surface area contributed by atoms with Crippen molar-refractivity contribution < 1.29 is 14.3 Å². The van der Waals surface area contributed by atoms with Gasteiger partial charge in [-0.25, -0.2) is 4.39 Å². The SMILES string of the molecule is Cc1ccc(NC(=O)C(Cc2ccccc2)Nc2cc(N=O)c3ccccc3c2O)c(F)c1. The Balaban J connectivity index is 1.70. The fraction of sp³-hybridized carbons (Fsp3) is 0.115. The molecule has 0 bridgehead atoms. The van der Waals surface area contributed by atoms with Crippen molar-refractivity contribution >= 4 is 33.7 Å². The standard InChI is InChI=1S/C26H22FN3O3/c1-16-11-12-21(20(27)13-16)29-26(32)24(14-17-7-3-2-4-8-17)28-23-15-22(30-33)18-9-5-6-10-19(18)25(23)31/h2-13,15,24,28,31H,14H2,1H3,(H,29,32). The normalized spacial score (nSPS) is 11.7. The van der Waals surface area contributed by atoms with Gasteiger partial charge >= 0.3 is 0 Å². The number of nitrogens with one attached hydrogen (secondary N) is 2. The number of carbonyl (C=O) groups excluding carboxylic acids is 1. The van der Waals surface area contributed by atoms with Crippen LogP contribution in [-0.2, 0) is 11.2 Å². The Kier molecular flexibility index (Phi) is 6.31. The number of phenolic OH excluding ortho intramolecular Hbond substituents is 1. The zero-order valence-corrected chi connectivity index (χ0v) is 17.9. The maximum Gasteiger partial charge on any atom is 0.247 e. The highest BCUT2D eigenvalue weighted by atomic mass is 19.1. The van der Waals surface area contributed by atoms with Crippen LogP contribution in [0.2, 0.25) is 0 Å². The van der Waals surface area contributed by atoms with Crippen LogP contribution in [0.1, 0.15) is 11.1 Å². The third kappa shape index (κ3) is 4.82. The minimum Gasteiger partial charge on any atom is -0.505 e. The molecular weight excluding hydrogens is 421 g/mol. The van der Waals surface area contributed by atoms with Crippen LogP contribution in [0.25, 0.3) is 10.8 Å². The topological polar surface area (TPSA) is 90.8 Å². The first-order chi connectivity index (χ1) is 16.0. The van der Waals surface area contributed by atoms with E-state index in [0.717, 1.165) is 11.1 Å². The monoisotopic (exact) mass is 443 g/mol. The number of benzene rings is 4. The lowest BCUT2D eigenvalue weighted by atomic mass is 10.0. The summed E-state index contributed by atoms with van der Waals surface area (Å²) < 4.78 is 14.3. The van der Waals surface area contributed by atoms with Crippen molar-refractivity contribution in [2.45, 2.75) is 19.4 Å². The van der Waals surface area contributed by atoms with Gasteiger partial charge in [-0.3, -0.25) is 4.79 Å². The Morgan fingerprint density at radius 3 is 2.36 bits per heavy atom. The van der Waals surface area contributed by atoms with Gasteiger partial charge in [0.2, 0.25) is 5.91 Å². The van der Waals surface area contributed by atoms with E-state index < -0.39 is 17.8 Å². The molecule has 0 saturated carbocycles. The first-order valence-electron chi connectivity index (χ1n) is 10.4. The number of amides is 1. The summed E-state index contributed by atoms with van der Waals surface area (Å²) in [6.07, 6.45) is 0.260. The van der Waals surface area contributed by atoms with E-state index in [-0.39, 0.29) is 29.2 Å². The van der Waals surface area contributed by atoms with Crippen molar-refractivity contribution in [3.63, 3.8) is 0 Å². The Morgan fingerprint density at radius 1 is 0.970 bits per heavy atom. The van der Waals surface area contributed by atoms with Gasteiger partial charge in [-0.15, -0.1) is 4.91 Å². The number of carbonyl (C=O) groups is 1. The van der Waals surface area contributed by atoms with Crippen LogP contribution in [0.4, 0.5) is 21.5 Å². The second-order valence-electron chi connectivity index (χ2n) is 7.79. The van der Waals surface area contributed by atoms with Gasteiger partial charge in [-0.1, -0.05) is 60.7 Å². The van der Waals surface area contributed by atoms with E-state index in [4.69, 9.17) is 0 Å². The van der Waals surface area contributed by atoms with E-state index in [2.05, 4.69) is 15.8 Å². The van der Waals surface area contributed by atoms with Gasteiger partial charge < -0.3 is 15.7 Å². The number of aromatic hydroxyl groups is 1.